The van der Waals surface area contributed by atoms with E-state index in [-0.39, 0.29) is 17.5 Å². The third-order valence-electron chi connectivity index (χ3n) is 6.12. The number of nitrogens with zero attached hydrogens (tertiary/aromatic N) is 2. The number of benzene rings is 1. The summed E-state index contributed by atoms with van der Waals surface area (Å²) in [6, 6.07) is 9.05. The summed E-state index contributed by atoms with van der Waals surface area (Å²) in [5, 5.41) is 15.8. The fraction of sp³-hybridized carbons (Fsp3) is 0.421. The van der Waals surface area contributed by atoms with Crippen LogP contribution in [0, 0.1) is 23.2 Å². The Kier molecular flexibility index (Phi) is 4.13. The molecule has 2 fully saturated rings. The molecule has 7 nitrogen and oxygen atoms in total. The van der Waals surface area contributed by atoms with Gasteiger partial charge < -0.3 is 16.0 Å². The molecule has 140 valence electrons. The summed E-state index contributed by atoms with van der Waals surface area (Å²) in [6.45, 7) is 1.36. The Morgan fingerprint density at radius 3 is 2.70 bits per heavy atom. The molecule has 4 rings (SSSR count). The zero-order valence-electron chi connectivity index (χ0n) is 14.8. The molecular formula is C19H20ClN5O2. The summed E-state index contributed by atoms with van der Waals surface area (Å²) in [6.07, 6.45) is 0.585. The van der Waals surface area contributed by atoms with Crippen molar-refractivity contribution in [3.63, 3.8) is 0 Å². The largest absolute Gasteiger partial charge is 0.400 e. The van der Waals surface area contributed by atoms with Crippen molar-refractivity contribution in [1.82, 2.24) is 15.5 Å². The minimum absolute atomic E-state index is 0.167. The molecule has 0 unspecified atom stereocenters. The lowest BCUT2D eigenvalue weighted by atomic mass is 9.56. The van der Waals surface area contributed by atoms with Crippen molar-refractivity contribution >= 4 is 23.5 Å². The summed E-state index contributed by atoms with van der Waals surface area (Å²) >= 11 is 6.04. The van der Waals surface area contributed by atoms with E-state index in [0.29, 0.717) is 23.6 Å². The Labute approximate surface area is 162 Å². The first-order valence-electron chi connectivity index (χ1n) is 8.84. The van der Waals surface area contributed by atoms with Crippen LogP contribution < -0.4 is 16.4 Å². The van der Waals surface area contributed by atoms with Gasteiger partial charge in [0.1, 0.15) is 5.92 Å². The Morgan fingerprint density at radius 2 is 2.04 bits per heavy atom. The van der Waals surface area contributed by atoms with Crippen molar-refractivity contribution in [3.8, 4) is 6.07 Å². The van der Waals surface area contributed by atoms with Gasteiger partial charge in [-0.15, -0.1) is 0 Å². The van der Waals surface area contributed by atoms with Crippen LogP contribution in [-0.4, -0.2) is 42.5 Å². The Hall–Kier alpha value is -2.56. The number of imide groups is 1. The van der Waals surface area contributed by atoms with Gasteiger partial charge in [-0.25, -0.2) is 4.79 Å². The first-order valence-corrected chi connectivity index (χ1v) is 9.22. The molecule has 1 aromatic rings. The number of rotatable bonds is 1. The molecule has 27 heavy (non-hydrogen) atoms. The fourth-order valence-corrected chi connectivity index (χ4v) is 5.08. The molecular weight excluding hydrogens is 366 g/mol. The van der Waals surface area contributed by atoms with Crippen molar-refractivity contribution in [1.29, 1.82) is 5.26 Å². The number of nitrogens with one attached hydrogen (secondary N) is 2. The molecule has 0 radical (unpaired) electrons. The van der Waals surface area contributed by atoms with Gasteiger partial charge >= 0.3 is 6.03 Å². The fourth-order valence-electron chi connectivity index (χ4n) is 4.96. The lowest BCUT2D eigenvalue weighted by Crippen LogP contribution is -2.75. The Morgan fingerprint density at radius 1 is 1.33 bits per heavy atom. The van der Waals surface area contributed by atoms with Crippen LogP contribution in [0.5, 0.6) is 0 Å². The number of allylic oxidation sites excluding steroid dienone is 1. The van der Waals surface area contributed by atoms with Crippen LogP contribution in [0.15, 0.2) is 35.5 Å². The number of nitrogens with two attached hydrogens (primary N) is 1. The minimum atomic E-state index is -0.805. The number of likely N-dealkylation sites (tertiary alicyclic amines) is 1. The topological polar surface area (TPSA) is 111 Å². The number of carbonyl (C=O) groups is 2. The van der Waals surface area contributed by atoms with Crippen molar-refractivity contribution in [2.75, 3.05) is 20.1 Å². The highest BCUT2D eigenvalue weighted by atomic mass is 35.5. The highest BCUT2D eigenvalue weighted by Crippen LogP contribution is 2.52. The predicted molar refractivity (Wildman–Crippen MR) is 99.5 cm³/mol. The van der Waals surface area contributed by atoms with Gasteiger partial charge in [-0.3, -0.25) is 10.1 Å². The number of hydrogen-bond acceptors (Lipinski definition) is 5. The lowest BCUT2D eigenvalue weighted by molar-refractivity contribution is -0.130. The van der Waals surface area contributed by atoms with Crippen LogP contribution in [0.3, 0.4) is 0 Å². The third-order valence-corrected chi connectivity index (χ3v) is 6.37. The van der Waals surface area contributed by atoms with Crippen molar-refractivity contribution < 1.29 is 9.59 Å². The molecule has 8 heteroatoms. The third kappa shape index (κ3) is 2.59. The van der Waals surface area contributed by atoms with E-state index >= 15 is 0 Å². The van der Waals surface area contributed by atoms with Gasteiger partial charge in [-0.1, -0.05) is 23.7 Å². The van der Waals surface area contributed by atoms with Crippen molar-refractivity contribution in [3.05, 3.63) is 46.1 Å². The van der Waals surface area contributed by atoms with Gasteiger partial charge in [0.15, 0.2) is 0 Å². The molecule has 0 bridgehead atoms. The van der Waals surface area contributed by atoms with Crippen LogP contribution in [0.2, 0.25) is 5.02 Å². The van der Waals surface area contributed by atoms with Crippen molar-refractivity contribution in [2.24, 2.45) is 17.6 Å². The second-order valence-electron chi connectivity index (χ2n) is 7.55. The molecule has 1 spiro atoms. The summed E-state index contributed by atoms with van der Waals surface area (Å²) in [5.41, 5.74) is 7.11. The number of piperidine rings is 1. The molecule has 3 amide bonds. The monoisotopic (exact) mass is 385 g/mol. The van der Waals surface area contributed by atoms with Gasteiger partial charge in [0.2, 0.25) is 5.91 Å². The Bertz CT molecular complexity index is 890. The number of nitriles is 1. The lowest BCUT2D eigenvalue weighted by Gasteiger charge is -2.57. The number of urea groups is 1. The highest BCUT2D eigenvalue weighted by Gasteiger charge is 2.61. The van der Waals surface area contributed by atoms with Crippen LogP contribution in [-0.2, 0) is 4.79 Å². The molecule has 1 aliphatic carbocycles. The molecule has 0 aromatic heterocycles. The van der Waals surface area contributed by atoms with Crippen LogP contribution in [0.1, 0.15) is 17.9 Å². The maximum Gasteiger partial charge on any atom is 0.321 e. The van der Waals surface area contributed by atoms with E-state index in [1.165, 1.54) is 0 Å². The normalized spacial score (nSPS) is 33.4. The summed E-state index contributed by atoms with van der Waals surface area (Å²) < 4.78 is 0. The van der Waals surface area contributed by atoms with Crippen LogP contribution >= 0.6 is 11.6 Å². The molecule has 0 saturated carbocycles. The zero-order valence-corrected chi connectivity index (χ0v) is 15.6. The van der Waals surface area contributed by atoms with Gasteiger partial charge in [0, 0.05) is 35.6 Å². The summed E-state index contributed by atoms with van der Waals surface area (Å²) in [5.74, 6) is -1.67. The van der Waals surface area contributed by atoms with E-state index in [2.05, 4.69) is 21.6 Å². The second-order valence-corrected chi connectivity index (χ2v) is 7.98. The maximum absolute atomic E-state index is 12.7. The number of carbonyl (C=O) groups excluding carboxylic acids is 2. The number of amides is 3. The number of halogens is 1. The van der Waals surface area contributed by atoms with Gasteiger partial charge in [0.25, 0.3) is 0 Å². The van der Waals surface area contributed by atoms with Gasteiger partial charge in [0.05, 0.1) is 17.2 Å². The minimum Gasteiger partial charge on any atom is -0.400 e. The molecule has 2 aliphatic heterocycles. The average molecular weight is 386 g/mol. The Balaban J connectivity index is 1.95. The maximum atomic E-state index is 12.7. The van der Waals surface area contributed by atoms with Crippen molar-refractivity contribution in [2.45, 2.75) is 17.9 Å². The molecule has 4 N–H and O–H groups in total. The molecule has 4 atom stereocenters. The molecule has 3 aliphatic rings. The molecule has 2 heterocycles. The predicted octanol–water partition coefficient (Wildman–Crippen LogP) is 1.32. The SMILES string of the molecule is CN1CC[C@@]23NC(=O)NC(=O)[C@@H]2C(N)=C(C#N)[C@@H](c2ccc(Cl)cc2)[C@@H]3C1. The van der Waals surface area contributed by atoms with Crippen LogP contribution in [0.25, 0.3) is 0 Å². The summed E-state index contributed by atoms with van der Waals surface area (Å²) in [7, 11) is 2.00. The van der Waals surface area contributed by atoms with E-state index in [1.54, 1.807) is 12.1 Å². The quantitative estimate of drug-likeness (QED) is 0.675. The first-order chi connectivity index (χ1) is 12.9. The standard InChI is InChI=1S/C19H20ClN5O2/c1-25-7-6-19-13(9-25)14(10-2-4-11(20)5-3-10)12(8-21)16(22)15(19)17(26)23-18(27)24-19/h2-5,13-15H,6-7,9,22H2,1H3,(H2,23,24,26,27)/t13-,14+,15-,19-/m0/s1. The summed E-state index contributed by atoms with van der Waals surface area (Å²) in [4.78, 5) is 27.1. The van der Waals surface area contributed by atoms with E-state index in [1.807, 2.05) is 19.2 Å². The number of hydrogen-bond donors (Lipinski definition) is 3. The van der Waals surface area contributed by atoms with Crippen LogP contribution in [0.4, 0.5) is 4.79 Å². The molecule has 1 aromatic carbocycles. The highest BCUT2D eigenvalue weighted by molar-refractivity contribution is 6.30. The molecule has 2 saturated heterocycles. The smallest absolute Gasteiger partial charge is 0.321 e. The van der Waals surface area contributed by atoms with Gasteiger partial charge in [-0.2, -0.15) is 5.26 Å². The van der Waals surface area contributed by atoms with E-state index < -0.39 is 23.4 Å². The van der Waals surface area contributed by atoms with Gasteiger partial charge in [-0.05, 0) is 31.2 Å². The average Bonchev–Trinajstić information content (AvgIpc) is 2.62. The van der Waals surface area contributed by atoms with E-state index in [4.69, 9.17) is 17.3 Å². The van der Waals surface area contributed by atoms with E-state index in [9.17, 15) is 14.9 Å². The zero-order chi connectivity index (χ0) is 19.3. The first kappa shape index (κ1) is 17.8. The second kappa shape index (κ2) is 6.25. The van der Waals surface area contributed by atoms with E-state index in [0.717, 1.165) is 12.1 Å².